The van der Waals surface area contributed by atoms with Crippen molar-refractivity contribution in [1.29, 1.82) is 0 Å². The summed E-state index contributed by atoms with van der Waals surface area (Å²) in [6, 6.07) is 0. The molecule has 0 aliphatic carbocycles. The highest BCUT2D eigenvalue weighted by molar-refractivity contribution is 7.39. The van der Waals surface area contributed by atoms with Crippen molar-refractivity contribution in [1.82, 2.24) is 4.90 Å². The molecule has 0 fully saturated rings. The Labute approximate surface area is 113 Å². The van der Waals surface area contributed by atoms with Gasteiger partial charge in [-0.25, -0.2) is 0 Å². The summed E-state index contributed by atoms with van der Waals surface area (Å²) in [7, 11) is -4.27. The highest BCUT2D eigenvalue weighted by atomic mass is 31.2. The van der Waals surface area contributed by atoms with E-state index in [0.29, 0.717) is 13.1 Å². The monoisotopic (exact) mass is 319 g/mol. The zero-order chi connectivity index (χ0) is 14.9. The summed E-state index contributed by atoms with van der Waals surface area (Å²) in [5.41, 5.74) is 5.36. The number of rotatable bonds is 11. The van der Waals surface area contributed by atoms with Gasteiger partial charge in [-0.1, -0.05) is 4.52 Å². The first-order valence-corrected chi connectivity index (χ1v) is 7.92. The van der Waals surface area contributed by atoms with Crippen molar-refractivity contribution >= 4 is 16.9 Å². The molecular formula is C8H21N2O7P2+. The largest absolute Gasteiger partial charge is 0.700 e. The molecule has 0 bridgehead atoms. The second-order valence-corrected chi connectivity index (χ2v) is 5.28. The molecule has 0 saturated heterocycles. The first-order chi connectivity index (χ1) is 8.79. The Morgan fingerprint density at radius 1 is 1.37 bits per heavy atom. The van der Waals surface area contributed by atoms with Crippen LogP contribution >= 0.6 is 16.9 Å². The SMILES string of the molecule is CN(CCCCN)CCC(O)(OP(O)O)O[P+](=O)O. The third-order valence-corrected chi connectivity index (χ3v) is 3.14. The van der Waals surface area contributed by atoms with Crippen LogP contribution in [0.2, 0.25) is 0 Å². The minimum absolute atomic E-state index is 0.215. The normalized spacial score (nSPS) is 15.9. The summed E-state index contributed by atoms with van der Waals surface area (Å²) in [5, 5.41) is 9.73. The van der Waals surface area contributed by atoms with Gasteiger partial charge in [-0.2, -0.15) is 0 Å². The zero-order valence-corrected chi connectivity index (χ0v) is 12.5. The third kappa shape index (κ3) is 10.6. The van der Waals surface area contributed by atoms with Crippen molar-refractivity contribution in [3.63, 3.8) is 0 Å². The van der Waals surface area contributed by atoms with Gasteiger partial charge < -0.3 is 25.5 Å². The Bertz CT molecular complexity index is 271. The molecule has 9 nitrogen and oxygen atoms in total. The van der Waals surface area contributed by atoms with E-state index in [9.17, 15) is 9.67 Å². The van der Waals surface area contributed by atoms with Crippen molar-refractivity contribution in [3.8, 4) is 0 Å². The molecule has 2 unspecified atom stereocenters. The average Bonchev–Trinajstić information content (AvgIpc) is 2.24. The maximum atomic E-state index is 10.6. The molecule has 0 radical (unpaired) electrons. The van der Waals surface area contributed by atoms with E-state index < -0.39 is 22.8 Å². The molecule has 0 aromatic heterocycles. The maximum absolute atomic E-state index is 10.6. The topological polar surface area (TPSA) is 146 Å². The molecule has 0 amide bonds. The molecule has 0 aliphatic heterocycles. The third-order valence-electron chi connectivity index (χ3n) is 2.25. The van der Waals surface area contributed by atoms with Crippen molar-refractivity contribution in [2.45, 2.75) is 25.2 Å². The van der Waals surface area contributed by atoms with Crippen LogP contribution in [0.4, 0.5) is 0 Å². The van der Waals surface area contributed by atoms with Gasteiger partial charge >= 0.3 is 22.8 Å². The van der Waals surface area contributed by atoms with Gasteiger partial charge in [-0.3, -0.25) is 4.52 Å². The van der Waals surface area contributed by atoms with Crippen LogP contribution in [0.15, 0.2) is 0 Å². The van der Waals surface area contributed by atoms with E-state index in [4.69, 9.17) is 20.4 Å². The van der Waals surface area contributed by atoms with Crippen LogP contribution in [0.1, 0.15) is 19.3 Å². The number of nitrogens with zero attached hydrogens (tertiary/aromatic N) is 1. The Morgan fingerprint density at radius 3 is 2.47 bits per heavy atom. The van der Waals surface area contributed by atoms with Crippen LogP contribution < -0.4 is 5.73 Å². The number of aliphatic hydroxyl groups is 1. The maximum Gasteiger partial charge on any atom is 0.700 e. The van der Waals surface area contributed by atoms with Crippen molar-refractivity contribution in [2.75, 3.05) is 26.7 Å². The average molecular weight is 319 g/mol. The molecule has 2 atom stereocenters. The Morgan fingerprint density at radius 2 is 2.00 bits per heavy atom. The van der Waals surface area contributed by atoms with Crippen LogP contribution in [0.3, 0.4) is 0 Å². The van der Waals surface area contributed by atoms with E-state index in [1.807, 2.05) is 4.90 Å². The molecule has 0 heterocycles. The Kier molecular flexibility index (Phi) is 10.1. The van der Waals surface area contributed by atoms with Gasteiger partial charge in [0.15, 0.2) is 0 Å². The first-order valence-electron chi connectivity index (χ1n) is 5.62. The molecule has 19 heavy (non-hydrogen) atoms. The number of unbranched alkanes of at least 4 members (excludes halogenated alkanes) is 1. The van der Waals surface area contributed by atoms with E-state index >= 15 is 0 Å². The van der Waals surface area contributed by atoms with E-state index in [0.717, 1.165) is 12.8 Å². The summed E-state index contributed by atoms with van der Waals surface area (Å²) in [4.78, 5) is 27.8. The molecule has 0 aliphatic rings. The number of hydrogen-bond donors (Lipinski definition) is 5. The Balaban J connectivity index is 4.21. The molecule has 0 saturated carbocycles. The predicted molar refractivity (Wildman–Crippen MR) is 68.7 cm³/mol. The molecule has 6 N–H and O–H groups in total. The molecule has 0 aromatic rings. The molecule has 0 aromatic carbocycles. The molecule has 0 spiro atoms. The quantitative estimate of drug-likeness (QED) is 0.195. The lowest BCUT2D eigenvalue weighted by Gasteiger charge is -2.24. The molecule has 11 heteroatoms. The summed E-state index contributed by atoms with van der Waals surface area (Å²) >= 11 is 0. The second kappa shape index (κ2) is 10.0. The van der Waals surface area contributed by atoms with Crippen LogP contribution in [-0.4, -0.2) is 57.3 Å². The Hall–Kier alpha value is 0.210. The van der Waals surface area contributed by atoms with Crippen molar-refractivity contribution in [2.24, 2.45) is 5.73 Å². The first kappa shape index (κ1) is 19.2. The van der Waals surface area contributed by atoms with E-state index in [1.165, 1.54) is 0 Å². The van der Waals surface area contributed by atoms with E-state index in [1.54, 1.807) is 7.05 Å². The highest BCUT2D eigenvalue weighted by Gasteiger charge is 2.42. The fourth-order valence-electron chi connectivity index (χ4n) is 1.33. The standard InChI is InChI=1S/C8H20N2O7P2/c1-10(6-3-2-5-9)7-4-8(11,16-18(12)13)17-19(14)15/h11-13H,2-7,9H2,1H3/p+1. The van der Waals surface area contributed by atoms with Gasteiger partial charge in [0, 0.05) is 17.5 Å². The van der Waals surface area contributed by atoms with Gasteiger partial charge in [-0.05, 0) is 33.0 Å². The number of nitrogens with two attached hydrogens (primary N) is 1. The van der Waals surface area contributed by atoms with Gasteiger partial charge in [0.1, 0.15) is 0 Å². The van der Waals surface area contributed by atoms with Crippen molar-refractivity contribution < 1.29 is 33.4 Å². The van der Waals surface area contributed by atoms with E-state index in [-0.39, 0.29) is 13.0 Å². The minimum atomic E-state index is -3.14. The van der Waals surface area contributed by atoms with Crippen LogP contribution in [0.5, 0.6) is 0 Å². The second-order valence-electron chi connectivity index (χ2n) is 3.93. The lowest BCUT2D eigenvalue weighted by molar-refractivity contribution is -0.280. The van der Waals surface area contributed by atoms with Gasteiger partial charge in [0.2, 0.25) is 0 Å². The fourth-order valence-corrected chi connectivity index (χ4v) is 2.14. The summed E-state index contributed by atoms with van der Waals surface area (Å²) in [5.74, 6) is -2.50. The summed E-state index contributed by atoms with van der Waals surface area (Å²) < 4.78 is 19.2. The van der Waals surface area contributed by atoms with Gasteiger partial charge in [0.05, 0.1) is 0 Å². The molecular weight excluding hydrogens is 298 g/mol. The minimum Gasteiger partial charge on any atom is -0.340 e. The van der Waals surface area contributed by atoms with Crippen LogP contribution in [-0.2, 0) is 13.6 Å². The van der Waals surface area contributed by atoms with Crippen LogP contribution in [0, 0.1) is 0 Å². The summed E-state index contributed by atoms with van der Waals surface area (Å²) in [6.07, 6.45) is 1.52. The lowest BCUT2D eigenvalue weighted by atomic mass is 10.3. The lowest BCUT2D eigenvalue weighted by Crippen LogP contribution is -2.36. The fraction of sp³-hybridized carbons (Fsp3) is 1.00. The molecule has 0 rings (SSSR count). The van der Waals surface area contributed by atoms with E-state index in [2.05, 4.69) is 9.05 Å². The smallest absolute Gasteiger partial charge is 0.340 e. The highest BCUT2D eigenvalue weighted by Crippen LogP contribution is 2.38. The summed E-state index contributed by atoms with van der Waals surface area (Å²) in [6.45, 7) is 1.58. The zero-order valence-electron chi connectivity index (χ0n) is 10.7. The molecule has 114 valence electrons. The van der Waals surface area contributed by atoms with Gasteiger partial charge in [0.25, 0.3) is 0 Å². The van der Waals surface area contributed by atoms with Crippen molar-refractivity contribution in [3.05, 3.63) is 0 Å². The number of hydrogen-bond acceptors (Lipinski definition) is 8. The predicted octanol–water partition coefficient (Wildman–Crippen LogP) is -0.412. The van der Waals surface area contributed by atoms with Gasteiger partial charge in [-0.15, -0.1) is 4.89 Å². The van der Waals surface area contributed by atoms with Crippen LogP contribution in [0.25, 0.3) is 0 Å².